The molecule has 152 valence electrons. The average Bonchev–Trinajstić information content (AvgIpc) is 3.37. The van der Waals surface area contributed by atoms with E-state index in [-0.39, 0.29) is 24.8 Å². The zero-order valence-corrected chi connectivity index (χ0v) is 17.0. The van der Waals surface area contributed by atoms with E-state index in [1.807, 2.05) is 30.3 Å². The number of rotatable bonds is 6. The van der Waals surface area contributed by atoms with Crippen molar-refractivity contribution in [3.63, 3.8) is 0 Å². The zero-order valence-electron chi connectivity index (χ0n) is 16.2. The second-order valence-electron chi connectivity index (χ2n) is 7.14. The number of ether oxygens (including phenoxy) is 1. The third-order valence-electron chi connectivity index (χ3n) is 5.16. The first kappa shape index (κ1) is 19.6. The lowest BCUT2D eigenvalue weighted by Gasteiger charge is -2.22. The zero-order chi connectivity index (χ0) is 20.4. The molecule has 7 nitrogen and oxygen atoms in total. The van der Waals surface area contributed by atoms with E-state index in [2.05, 4.69) is 10.7 Å². The first-order valence-electron chi connectivity index (χ1n) is 9.79. The summed E-state index contributed by atoms with van der Waals surface area (Å²) in [5.41, 5.74) is 5.22. The number of carbonyl (C=O) groups excluding carboxylic acids is 3. The van der Waals surface area contributed by atoms with Crippen molar-refractivity contribution >= 4 is 34.1 Å². The van der Waals surface area contributed by atoms with Crippen LogP contribution in [0.4, 0.5) is 5.00 Å². The number of benzene rings is 1. The van der Waals surface area contributed by atoms with E-state index in [9.17, 15) is 14.4 Å². The van der Waals surface area contributed by atoms with Crippen molar-refractivity contribution < 1.29 is 19.1 Å². The summed E-state index contributed by atoms with van der Waals surface area (Å²) in [5, 5.41) is 5.08. The molecule has 0 saturated carbocycles. The molecule has 1 atom stereocenters. The van der Waals surface area contributed by atoms with Gasteiger partial charge >= 0.3 is 5.97 Å². The maximum absolute atomic E-state index is 13.0. The molecule has 8 heteroatoms. The lowest BCUT2D eigenvalue weighted by atomic mass is 10.1. The fourth-order valence-electron chi connectivity index (χ4n) is 3.84. The molecule has 1 saturated heterocycles. The first-order valence-corrected chi connectivity index (χ1v) is 10.6. The minimum atomic E-state index is -0.644. The molecule has 1 fully saturated rings. The molecule has 0 bridgehead atoms. The largest absolute Gasteiger partial charge is 0.462 e. The SMILES string of the molecule is CCOC(=O)c1c(NC(=O)[C@@H]2CC(=O)NN2Cc2ccccc2)sc2c1CCC2. The quantitative estimate of drug-likeness (QED) is 0.711. The molecule has 4 rings (SSSR count). The van der Waals surface area contributed by atoms with Crippen molar-refractivity contribution in [3.05, 3.63) is 51.9 Å². The van der Waals surface area contributed by atoms with Gasteiger partial charge in [0.05, 0.1) is 18.6 Å². The number of anilines is 1. The number of carbonyl (C=O) groups is 3. The van der Waals surface area contributed by atoms with Gasteiger partial charge in [-0.2, -0.15) is 0 Å². The van der Waals surface area contributed by atoms with Crippen LogP contribution < -0.4 is 10.7 Å². The minimum absolute atomic E-state index is 0.0818. The van der Waals surface area contributed by atoms with Crippen LogP contribution in [0.3, 0.4) is 0 Å². The highest BCUT2D eigenvalue weighted by atomic mass is 32.1. The van der Waals surface area contributed by atoms with Gasteiger partial charge in [-0.25, -0.2) is 9.80 Å². The molecule has 2 aromatic rings. The molecular formula is C21H23N3O4S. The number of hydrazine groups is 1. The van der Waals surface area contributed by atoms with Crippen molar-refractivity contribution in [2.45, 2.75) is 45.2 Å². The fourth-order valence-corrected chi connectivity index (χ4v) is 5.12. The minimum Gasteiger partial charge on any atom is -0.462 e. The molecule has 0 radical (unpaired) electrons. The Bertz CT molecular complexity index is 941. The lowest BCUT2D eigenvalue weighted by molar-refractivity contribution is -0.121. The number of nitrogens with one attached hydrogen (secondary N) is 2. The molecule has 2 heterocycles. The summed E-state index contributed by atoms with van der Waals surface area (Å²) in [5.74, 6) is -0.894. The standard InChI is InChI=1S/C21H23N3O4S/c1-2-28-21(27)18-14-9-6-10-16(14)29-20(18)22-19(26)15-11-17(25)23-24(15)12-13-7-4-3-5-8-13/h3-5,7-8,15H,2,6,9-12H2,1H3,(H,22,26)(H,23,25)/t15-/m0/s1. The molecule has 29 heavy (non-hydrogen) atoms. The molecule has 2 N–H and O–H groups in total. The number of aryl methyl sites for hydroxylation is 1. The van der Waals surface area contributed by atoms with Crippen molar-refractivity contribution in [1.82, 2.24) is 10.4 Å². The van der Waals surface area contributed by atoms with Gasteiger partial charge in [-0.15, -0.1) is 11.3 Å². The Kier molecular flexibility index (Phi) is 5.64. The topological polar surface area (TPSA) is 87.7 Å². The predicted octanol–water partition coefficient (Wildman–Crippen LogP) is 2.66. The van der Waals surface area contributed by atoms with E-state index in [4.69, 9.17) is 4.74 Å². The summed E-state index contributed by atoms with van der Waals surface area (Å²) in [6.07, 6.45) is 2.82. The molecule has 2 amide bonds. The smallest absolute Gasteiger partial charge is 0.341 e. The second-order valence-corrected chi connectivity index (χ2v) is 8.24. The summed E-state index contributed by atoms with van der Waals surface area (Å²) in [6, 6.07) is 9.00. The number of nitrogens with zero attached hydrogens (tertiary/aromatic N) is 1. The van der Waals surface area contributed by atoms with Crippen molar-refractivity contribution in [1.29, 1.82) is 0 Å². The van der Waals surface area contributed by atoms with Crippen LogP contribution in [0.1, 0.15) is 46.1 Å². The maximum Gasteiger partial charge on any atom is 0.341 e. The Hall–Kier alpha value is -2.71. The van der Waals surface area contributed by atoms with Crippen LogP contribution in [0.25, 0.3) is 0 Å². The molecule has 1 aromatic carbocycles. The van der Waals surface area contributed by atoms with Crippen LogP contribution >= 0.6 is 11.3 Å². The first-order chi connectivity index (χ1) is 14.1. The van der Waals surface area contributed by atoms with Gasteiger partial charge in [0.25, 0.3) is 0 Å². The van der Waals surface area contributed by atoms with Crippen LogP contribution in [0, 0.1) is 0 Å². The number of thiophene rings is 1. The normalized spacial score (nSPS) is 18.4. The Morgan fingerprint density at radius 1 is 1.28 bits per heavy atom. The molecule has 0 unspecified atom stereocenters. The van der Waals surface area contributed by atoms with E-state index >= 15 is 0 Å². The van der Waals surface area contributed by atoms with Crippen molar-refractivity contribution in [3.8, 4) is 0 Å². The number of hydrogen-bond acceptors (Lipinski definition) is 6. The van der Waals surface area contributed by atoms with E-state index in [1.54, 1.807) is 11.9 Å². The summed E-state index contributed by atoms with van der Waals surface area (Å²) >= 11 is 1.44. The molecular weight excluding hydrogens is 390 g/mol. The highest BCUT2D eigenvalue weighted by Crippen LogP contribution is 2.39. The van der Waals surface area contributed by atoms with Crippen LogP contribution in [-0.2, 0) is 33.7 Å². The summed E-state index contributed by atoms with van der Waals surface area (Å²) in [7, 11) is 0. The Morgan fingerprint density at radius 2 is 2.07 bits per heavy atom. The van der Waals surface area contributed by atoms with Crippen LogP contribution in [0.2, 0.25) is 0 Å². The van der Waals surface area contributed by atoms with Crippen molar-refractivity contribution in [2.24, 2.45) is 0 Å². The summed E-state index contributed by atoms with van der Waals surface area (Å²) in [6.45, 7) is 2.47. The molecule has 0 spiro atoms. The van der Waals surface area contributed by atoms with Crippen LogP contribution in [-0.4, -0.2) is 35.4 Å². The molecule has 1 aliphatic heterocycles. The number of hydrogen-bond donors (Lipinski definition) is 2. The van der Waals surface area contributed by atoms with E-state index in [0.717, 1.165) is 35.3 Å². The maximum atomic E-state index is 13.0. The third-order valence-corrected chi connectivity index (χ3v) is 6.37. The van der Waals surface area contributed by atoms with Gasteiger partial charge in [-0.1, -0.05) is 30.3 Å². The van der Waals surface area contributed by atoms with E-state index < -0.39 is 12.0 Å². The Morgan fingerprint density at radius 3 is 2.83 bits per heavy atom. The van der Waals surface area contributed by atoms with E-state index in [0.29, 0.717) is 17.1 Å². The Balaban J connectivity index is 1.54. The highest BCUT2D eigenvalue weighted by molar-refractivity contribution is 7.17. The van der Waals surface area contributed by atoms with E-state index in [1.165, 1.54) is 11.3 Å². The van der Waals surface area contributed by atoms with Crippen molar-refractivity contribution in [2.75, 3.05) is 11.9 Å². The van der Waals surface area contributed by atoms with Crippen LogP contribution in [0.15, 0.2) is 30.3 Å². The lowest BCUT2D eigenvalue weighted by Crippen LogP contribution is -2.43. The molecule has 1 aromatic heterocycles. The van der Waals surface area contributed by atoms with Gasteiger partial charge < -0.3 is 10.1 Å². The number of fused-ring (bicyclic) bond motifs is 1. The average molecular weight is 413 g/mol. The Labute approximate surface area is 173 Å². The third kappa shape index (κ3) is 4.04. The predicted molar refractivity (Wildman–Crippen MR) is 109 cm³/mol. The monoisotopic (exact) mass is 413 g/mol. The molecule has 1 aliphatic carbocycles. The fraction of sp³-hybridized carbons (Fsp3) is 0.381. The summed E-state index contributed by atoms with van der Waals surface area (Å²) < 4.78 is 5.22. The molecule has 2 aliphatic rings. The van der Waals surface area contributed by atoms with Gasteiger partial charge in [0, 0.05) is 11.4 Å². The van der Waals surface area contributed by atoms with Crippen LogP contribution in [0.5, 0.6) is 0 Å². The van der Waals surface area contributed by atoms with Gasteiger partial charge in [0.2, 0.25) is 11.8 Å². The second kappa shape index (κ2) is 8.34. The van der Waals surface area contributed by atoms with Gasteiger partial charge in [-0.05, 0) is 37.3 Å². The highest BCUT2D eigenvalue weighted by Gasteiger charge is 2.37. The number of amides is 2. The summed E-state index contributed by atoms with van der Waals surface area (Å²) in [4.78, 5) is 38.6. The van der Waals surface area contributed by atoms with Gasteiger partial charge in [0.1, 0.15) is 11.0 Å². The van der Waals surface area contributed by atoms with Gasteiger partial charge in [0.15, 0.2) is 0 Å². The number of esters is 1. The van der Waals surface area contributed by atoms with Gasteiger partial charge in [-0.3, -0.25) is 15.0 Å².